The monoisotopic (exact) mass is 231 g/mol. The quantitative estimate of drug-likeness (QED) is 0.769. The number of amides is 1. The number of carbonyl (C=O) groups excluding carboxylic acids is 1. The zero-order valence-corrected chi connectivity index (χ0v) is 10.4. The van der Waals surface area contributed by atoms with Gasteiger partial charge in [-0.2, -0.15) is 11.8 Å². The van der Waals surface area contributed by atoms with Gasteiger partial charge in [-0.25, -0.2) is 0 Å². The molecule has 0 atom stereocenters. The van der Waals surface area contributed by atoms with Crippen LogP contribution in [0, 0.1) is 5.92 Å². The summed E-state index contributed by atoms with van der Waals surface area (Å²) in [6, 6.07) is 0. The maximum absolute atomic E-state index is 11.4. The predicted octanol–water partition coefficient (Wildman–Crippen LogP) is 1.41. The maximum Gasteiger partial charge on any atom is 0.220 e. The Bertz CT molecular complexity index is 213. The molecule has 4 heteroatoms. The van der Waals surface area contributed by atoms with E-state index >= 15 is 0 Å². The van der Waals surface area contributed by atoms with E-state index in [0.29, 0.717) is 18.9 Å². The maximum atomic E-state index is 11.4. The lowest BCUT2D eigenvalue weighted by molar-refractivity contribution is -0.123. The molecule has 1 fully saturated rings. The third kappa shape index (κ3) is 4.89. The van der Waals surface area contributed by atoms with Gasteiger partial charge in [-0.15, -0.1) is 0 Å². The summed E-state index contributed by atoms with van der Waals surface area (Å²) in [5, 5.41) is 13.0. The summed E-state index contributed by atoms with van der Waals surface area (Å²) in [5.74, 6) is 2.42. The predicted molar refractivity (Wildman–Crippen MR) is 64.0 cm³/mol. The Morgan fingerprint density at radius 1 is 1.47 bits per heavy atom. The smallest absolute Gasteiger partial charge is 0.220 e. The van der Waals surface area contributed by atoms with Crippen molar-refractivity contribution in [1.29, 1.82) is 0 Å². The first-order valence-electron chi connectivity index (χ1n) is 5.59. The van der Waals surface area contributed by atoms with E-state index in [9.17, 15) is 9.90 Å². The van der Waals surface area contributed by atoms with Crippen molar-refractivity contribution in [3.63, 3.8) is 0 Å². The van der Waals surface area contributed by atoms with Gasteiger partial charge in [0.25, 0.3) is 0 Å². The van der Waals surface area contributed by atoms with Crippen LogP contribution in [0.15, 0.2) is 0 Å². The summed E-state index contributed by atoms with van der Waals surface area (Å²) in [7, 11) is 0. The molecule has 0 unspecified atom stereocenters. The standard InChI is InChI=1S/C11H21NO2S/c1-9(2)7-10(13)12-8-11(14)3-5-15-6-4-11/h9,14H,3-8H2,1-2H3,(H,12,13). The van der Waals surface area contributed by atoms with Crippen molar-refractivity contribution >= 4 is 17.7 Å². The number of carbonyl (C=O) groups is 1. The highest BCUT2D eigenvalue weighted by molar-refractivity contribution is 7.99. The highest BCUT2D eigenvalue weighted by atomic mass is 32.2. The Kier molecular flexibility index (Phi) is 4.93. The van der Waals surface area contributed by atoms with Gasteiger partial charge in [0, 0.05) is 13.0 Å². The van der Waals surface area contributed by atoms with Crippen LogP contribution < -0.4 is 5.32 Å². The molecular weight excluding hydrogens is 210 g/mol. The summed E-state index contributed by atoms with van der Waals surface area (Å²) in [6.45, 7) is 4.45. The second-order valence-corrected chi connectivity index (χ2v) is 5.94. The zero-order chi connectivity index (χ0) is 11.3. The molecule has 1 rings (SSSR count). The van der Waals surface area contributed by atoms with Crippen LogP contribution in [-0.2, 0) is 4.79 Å². The number of rotatable bonds is 4. The van der Waals surface area contributed by atoms with E-state index in [0.717, 1.165) is 24.3 Å². The third-order valence-corrected chi connectivity index (χ3v) is 3.62. The Hall–Kier alpha value is -0.220. The Labute approximate surface area is 96.0 Å². The summed E-state index contributed by atoms with van der Waals surface area (Å²) < 4.78 is 0. The minimum Gasteiger partial charge on any atom is -0.388 e. The van der Waals surface area contributed by atoms with Gasteiger partial charge in [0.1, 0.15) is 0 Å². The molecule has 0 aromatic heterocycles. The van der Waals surface area contributed by atoms with Crippen LogP contribution in [-0.4, -0.2) is 34.7 Å². The molecule has 0 aromatic rings. The molecule has 88 valence electrons. The summed E-state index contributed by atoms with van der Waals surface area (Å²) in [6.07, 6.45) is 2.13. The minimum absolute atomic E-state index is 0.0525. The van der Waals surface area contributed by atoms with Crippen molar-refractivity contribution in [2.45, 2.75) is 38.7 Å². The van der Waals surface area contributed by atoms with Gasteiger partial charge in [-0.1, -0.05) is 13.8 Å². The number of thioether (sulfide) groups is 1. The largest absolute Gasteiger partial charge is 0.388 e. The molecule has 0 radical (unpaired) electrons. The fourth-order valence-corrected chi connectivity index (χ4v) is 2.89. The second kappa shape index (κ2) is 5.75. The highest BCUT2D eigenvalue weighted by Crippen LogP contribution is 2.26. The van der Waals surface area contributed by atoms with Crippen LogP contribution in [0.1, 0.15) is 33.1 Å². The van der Waals surface area contributed by atoms with Gasteiger partial charge >= 0.3 is 0 Å². The lowest BCUT2D eigenvalue weighted by Gasteiger charge is -2.31. The van der Waals surface area contributed by atoms with E-state index in [-0.39, 0.29) is 5.91 Å². The number of nitrogens with one attached hydrogen (secondary N) is 1. The molecule has 0 aliphatic carbocycles. The van der Waals surface area contributed by atoms with Crippen LogP contribution in [0.4, 0.5) is 0 Å². The lowest BCUT2D eigenvalue weighted by atomic mass is 9.96. The fraction of sp³-hybridized carbons (Fsp3) is 0.909. The summed E-state index contributed by atoms with van der Waals surface area (Å²) in [5.41, 5.74) is -0.655. The van der Waals surface area contributed by atoms with Gasteiger partial charge in [0.05, 0.1) is 5.60 Å². The highest BCUT2D eigenvalue weighted by Gasteiger charge is 2.29. The molecule has 0 bridgehead atoms. The van der Waals surface area contributed by atoms with E-state index in [1.54, 1.807) is 0 Å². The number of aliphatic hydroxyl groups is 1. The topological polar surface area (TPSA) is 49.3 Å². The number of hydrogen-bond acceptors (Lipinski definition) is 3. The first-order chi connectivity index (χ1) is 7.02. The van der Waals surface area contributed by atoms with Gasteiger partial charge in [-0.05, 0) is 30.3 Å². The lowest BCUT2D eigenvalue weighted by Crippen LogP contribution is -2.45. The summed E-state index contributed by atoms with van der Waals surface area (Å²) >= 11 is 1.87. The number of hydrogen-bond donors (Lipinski definition) is 2. The molecule has 0 spiro atoms. The fourth-order valence-electron chi connectivity index (χ4n) is 1.63. The van der Waals surface area contributed by atoms with Crippen molar-refractivity contribution in [1.82, 2.24) is 5.32 Å². The van der Waals surface area contributed by atoms with E-state index in [4.69, 9.17) is 0 Å². The Morgan fingerprint density at radius 3 is 2.60 bits per heavy atom. The first kappa shape index (κ1) is 12.8. The molecule has 1 heterocycles. The molecule has 1 amide bonds. The van der Waals surface area contributed by atoms with Crippen LogP contribution in [0.25, 0.3) is 0 Å². The Morgan fingerprint density at radius 2 is 2.07 bits per heavy atom. The second-order valence-electron chi connectivity index (χ2n) is 4.71. The van der Waals surface area contributed by atoms with Crippen LogP contribution in [0.2, 0.25) is 0 Å². The minimum atomic E-state index is -0.655. The molecule has 1 aliphatic heterocycles. The Balaban J connectivity index is 2.25. The molecule has 15 heavy (non-hydrogen) atoms. The van der Waals surface area contributed by atoms with E-state index < -0.39 is 5.60 Å². The van der Waals surface area contributed by atoms with E-state index in [1.807, 2.05) is 25.6 Å². The molecule has 1 saturated heterocycles. The van der Waals surface area contributed by atoms with Crippen molar-refractivity contribution < 1.29 is 9.90 Å². The van der Waals surface area contributed by atoms with E-state index in [2.05, 4.69) is 5.32 Å². The van der Waals surface area contributed by atoms with Crippen LogP contribution in [0.5, 0.6) is 0 Å². The van der Waals surface area contributed by atoms with Crippen molar-refractivity contribution in [2.75, 3.05) is 18.1 Å². The molecule has 2 N–H and O–H groups in total. The molecule has 0 saturated carbocycles. The van der Waals surface area contributed by atoms with Gasteiger partial charge in [0.2, 0.25) is 5.91 Å². The summed E-state index contributed by atoms with van der Waals surface area (Å²) in [4.78, 5) is 11.4. The SMILES string of the molecule is CC(C)CC(=O)NCC1(O)CCSCC1. The van der Waals surface area contributed by atoms with Crippen LogP contribution >= 0.6 is 11.8 Å². The normalized spacial score (nSPS) is 20.3. The molecule has 0 aromatic carbocycles. The molecule has 3 nitrogen and oxygen atoms in total. The zero-order valence-electron chi connectivity index (χ0n) is 9.58. The van der Waals surface area contributed by atoms with E-state index in [1.165, 1.54) is 0 Å². The van der Waals surface area contributed by atoms with Gasteiger partial charge in [0.15, 0.2) is 0 Å². The van der Waals surface area contributed by atoms with Gasteiger partial charge < -0.3 is 10.4 Å². The average molecular weight is 231 g/mol. The molecular formula is C11H21NO2S. The van der Waals surface area contributed by atoms with Crippen molar-refractivity contribution in [3.05, 3.63) is 0 Å². The molecule has 1 aliphatic rings. The average Bonchev–Trinajstić information content (AvgIpc) is 2.15. The first-order valence-corrected chi connectivity index (χ1v) is 6.74. The van der Waals surface area contributed by atoms with Crippen molar-refractivity contribution in [2.24, 2.45) is 5.92 Å². The van der Waals surface area contributed by atoms with Crippen molar-refractivity contribution in [3.8, 4) is 0 Å². The van der Waals surface area contributed by atoms with Gasteiger partial charge in [-0.3, -0.25) is 4.79 Å². The third-order valence-electron chi connectivity index (χ3n) is 2.63. The van der Waals surface area contributed by atoms with Crippen LogP contribution in [0.3, 0.4) is 0 Å².